The molecule has 1 N–H and O–H groups in total. The number of hydrogen-bond acceptors (Lipinski definition) is 3. The topological polar surface area (TPSA) is 51.5 Å². The van der Waals surface area contributed by atoms with Crippen LogP contribution in [0, 0.1) is 6.57 Å². The zero-order valence-corrected chi connectivity index (χ0v) is 15.9. The molecule has 29 heavy (non-hydrogen) atoms. The molecule has 1 heterocycles. The number of methoxy groups -OCH3 is 1. The minimum atomic E-state index is 0.420. The Kier molecular flexibility index (Phi) is 5.26. The first-order valence-corrected chi connectivity index (χ1v) is 9.15. The van der Waals surface area contributed by atoms with Crippen LogP contribution >= 0.6 is 0 Å². The fourth-order valence-electron chi connectivity index (χ4n) is 3.02. The van der Waals surface area contributed by atoms with Gasteiger partial charge >= 0.3 is 0 Å². The molecular weight excluding hydrogens is 362 g/mol. The Hall–Kier alpha value is -4.04. The second kappa shape index (κ2) is 8.32. The quantitative estimate of drug-likeness (QED) is 0.424. The van der Waals surface area contributed by atoms with Gasteiger partial charge in [-0.2, -0.15) is 0 Å². The van der Waals surface area contributed by atoms with Crippen LogP contribution in [0.3, 0.4) is 0 Å². The maximum Gasteiger partial charge on any atom is 0.187 e. The predicted molar refractivity (Wildman–Crippen MR) is 113 cm³/mol. The highest BCUT2D eigenvalue weighted by atomic mass is 16.5. The molecule has 0 spiro atoms. The maximum atomic E-state index is 7.01. The Bertz CT molecular complexity index is 1140. The first-order valence-electron chi connectivity index (χ1n) is 9.15. The largest absolute Gasteiger partial charge is 0.496 e. The third-order valence-corrected chi connectivity index (χ3v) is 4.56. The highest BCUT2D eigenvalue weighted by Gasteiger charge is 2.11. The summed E-state index contributed by atoms with van der Waals surface area (Å²) >= 11 is 0. The average molecular weight is 381 g/mol. The van der Waals surface area contributed by atoms with Crippen LogP contribution in [0.4, 0.5) is 5.69 Å². The first kappa shape index (κ1) is 18.3. The van der Waals surface area contributed by atoms with Gasteiger partial charge in [0.1, 0.15) is 23.9 Å². The van der Waals surface area contributed by atoms with Crippen LogP contribution in [-0.2, 0) is 6.61 Å². The van der Waals surface area contributed by atoms with E-state index in [9.17, 15) is 0 Å². The number of aromatic amines is 1. The number of benzene rings is 3. The molecule has 0 atom stereocenters. The lowest BCUT2D eigenvalue weighted by atomic mass is 10.1. The molecule has 0 aliphatic rings. The molecule has 0 unspecified atom stereocenters. The summed E-state index contributed by atoms with van der Waals surface area (Å²) in [6.07, 6.45) is 1.81. The van der Waals surface area contributed by atoms with Crippen molar-refractivity contribution in [3.63, 3.8) is 0 Å². The van der Waals surface area contributed by atoms with Gasteiger partial charge in [0.15, 0.2) is 5.69 Å². The molecule has 142 valence electrons. The van der Waals surface area contributed by atoms with Crippen LogP contribution in [0.2, 0.25) is 0 Å². The van der Waals surface area contributed by atoms with Gasteiger partial charge in [-0.25, -0.2) is 9.83 Å². The van der Waals surface area contributed by atoms with Gasteiger partial charge in [-0.3, -0.25) is 0 Å². The molecule has 4 rings (SSSR count). The highest BCUT2D eigenvalue weighted by Crippen LogP contribution is 2.33. The van der Waals surface area contributed by atoms with Crippen molar-refractivity contribution in [2.45, 2.75) is 6.61 Å². The molecular formula is C24H19N3O2. The van der Waals surface area contributed by atoms with Gasteiger partial charge in [-0.15, -0.1) is 0 Å². The minimum Gasteiger partial charge on any atom is -0.496 e. The van der Waals surface area contributed by atoms with Gasteiger partial charge < -0.3 is 14.5 Å². The number of H-pyrrole nitrogens is 1. The Morgan fingerprint density at radius 1 is 1.00 bits per heavy atom. The summed E-state index contributed by atoms with van der Waals surface area (Å²) in [4.78, 5) is 11.2. The summed E-state index contributed by atoms with van der Waals surface area (Å²) in [6, 6.07) is 23.1. The van der Waals surface area contributed by atoms with Crippen molar-refractivity contribution in [1.29, 1.82) is 0 Å². The van der Waals surface area contributed by atoms with Crippen LogP contribution in [0.1, 0.15) is 5.56 Å². The number of hydrogen-bond donors (Lipinski definition) is 1. The molecule has 0 radical (unpaired) electrons. The molecule has 0 fully saturated rings. The smallest absolute Gasteiger partial charge is 0.187 e. The molecule has 0 bridgehead atoms. The van der Waals surface area contributed by atoms with E-state index in [1.165, 1.54) is 0 Å². The molecule has 0 saturated heterocycles. The van der Waals surface area contributed by atoms with E-state index in [1.54, 1.807) is 25.4 Å². The SMILES string of the molecule is [C-]#[N+]c1ccc(COc2ccc(-c3cnc(-c4ccccc4)[nH]3)c(OC)c2)cc1. The molecule has 5 nitrogen and oxygen atoms in total. The molecule has 5 heteroatoms. The minimum absolute atomic E-state index is 0.420. The number of imidazole rings is 1. The van der Waals surface area contributed by atoms with Crippen molar-refractivity contribution < 1.29 is 9.47 Å². The van der Waals surface area contributed by atoms with Crippen molar-refractivity contribution in [2.75, 3.05) is 7.11 Å². The lowest BCUT2D eigenvalue weighted by molar-refractivity contribution is 0.304. The van der Waals surface area contributed by atoms with E-state index in [2.05, 4.69) is 14.8 Å². The summed E-state index contributed by atoms with van der Waals surface area (Å²) in [5.74, 6) is 2.22. The number of nitrogens with one attached hydrogen (secondary N) is 1. The molecule has 4 aromatic rings. The van der Waals surface area contributed by atoms with Gasteiger partial charge in [0.25, 0.3) is 0 Å². The Balaban J connectivity index is 1.52. The van der Waals surface area contributed by atoms with Crippen molar-refractivity contribution in [3.05, 3.63) is 96.0 Å². The van der Waals surface area contributed by atoms with E-state index in [0.29, 0.717) is 23.8 Å². The third-order valence-electron chi connectivity index (χ3n) is 4.56. The number of nitrogens with zero attached hydrogens (tertiary/aromatic N) is 2. The van der Waals surface area contributed by atoms with Crippen LogP contribution in [0.25, 0.3) is 27.5 Å². The highest BCUT2D eigenvalue weighted by molar-refractivity contribution is 5.70. The van der Waals surface area contributed by atoms with E-state index in [0.717, 1.165) is 28.2 Å². The molecule has 0 amide bonds. The zero-order chi connectivity index (χ0) is 20.1. The number of rotatable bonds is 6. The summed E-state index contributed by atoms with van der Waals surface area (Å²) in [5.41, 5.74) is 4.44. The van der Waals surface area contributed by atoms with Gasteiger partial charge in [0, 0.05) is 17.2 Å². The fraction of sp³-hybridized carbons (Fsp3) is 0.0833. The fourth-order valence-corrected chi connectivity index (χ4v) is 3.02. The van der Waals surface area contributed by atoms with Gasteiger partial charge in [0.05, 0.1) is 25.6 Å². The molecule has 3 aromatic carbocycles. The van der Waals surface area contributed by atoms with E-state index in [4.69, 9.17) is 16.0 Å². The zero-order valence-electron chi connectivity index (χ0n) is 15.9. The lowest BCUT2D eigenvalue weighted by Gasteiger charge is -2.11. The summed E-state index contributed by atoms with van der Waals surface area (Å²) in [7, 11) is 1.64. The van der Waals surface area contributed by atoms with Crippen LogP contribution in [0.15, 0.2) is 79.0 Å². The molecule has 0 saturated carbocycles. The van der Waals surface area contributed by atoms with Crippen LogP contribution in [-0.4, -0.2) is 17.1 Å². The van der Waals surface area contributed by atoms with Gasteiger partial charge in [0.2, 0.25) is 0 Å². The molecule has 0 aliphatic heterocycles. The Labute approximate surface area is 169 Å². The number of ether oxygens (including phenoxy) is 2. The molecule has 1 aromatic heterocycles. The third kappa shape index (κ3) is 4.12. The maximum absolute atomic E-state index is 7.01. The molecule has 0 aliphatic carbocycles. The summed E-state index contributed by atoms with van der Waals surface area (Å²) in [6.45, 7) is 7.43. The van der Waals surface area contributed by atoms with E-state index in [-0.39, 0.29) is 0 Å². The predicted octanol–water partition coefficient (Wildman–Crippen LogP) is 5.88. The monoisotopic (exact) mass is 381 g/mol. The average Bonchev–Trinajstić information content (AvgIpc) is 3.28. The van der Waals surface area contributed by atoms with Crippen molar-refractivity contribution in [2.24, 2.45) is 0 Å². The Morgan fingerprint density at radius 2 is 1.79 bits per heavy atom. The van der Waals surface area contributed by atoms with Gasteiger partial charge in [-0.1, -0.05) is 54.6 Å². The van der Waals surface area contributed by atoms with Crippen LogP contribution in [0.5, 0.6) is 11.5 Å². The van der Waals surface area contributed by atoms with E-state index >= 15 is 0 Å². The van der Waals surface area contributed by atoms with Crippen LogP contribution < -0.4 is 9.47 Å². The first-order chi connectivity index (χ1) is 14.3. The van der Waals surface area contributed by atoms with Crippen molar-refractivity contribution in [3.8, 4) is 34.1 Å². The van der Waals surface area contributed by atoms with E-state index in [1.807, 2.05) is 60.7 Å². The van der Waals surface area contributed by atoms with Crippen molar-refractivity contribution >= 4 is 5.69 Å². The second-order valence-electron chi connectivity index (χ2n) is 6.44. The standard InChI is InChI=1S/C24H19N3O2/c1-25-19-10-8-17(9-11-19)16-29-20-12-13-21(23(14-20)28-2)22-15-26-24(27-22)18-6-4-3-5-7-18/h3-15H,16H2,2H3,(H,26,27). The summed E-state index contributed by atoms with van der Waals surface area (Å²) < 4.78 is 11.5. The van der Waals surface area contributed by atoms with Crippen molar-refractivity contribution in [1.82, 2.24) is 9.97 Å². The van der Waals surface area contributed by atoms with Gasteiger partial charge in [-0.05, 0) is 17.7 Å². The lowest BCUT2D eigenvalue weighted by Crippen LogP contribution is -1.96. The normalized spacial score (nSPS) is 10.3. The Morgan fingerprint density at radius 3 is 2.52 bits per heavy atom. The summed E-state index contributed by atoms with van der Waals surface area (Å²) in [5, 5.41) is 0. The number of aromatic nitrogens is 2. The second-order valence-corrected chi connectivity index (χ2v) is 6.44. The van der Waals surface area contributed by atoms with E-state index < -0.39 is 0 Å².